The first-order valence-electron chi connectivity index (χ1n) is 4.48. The van der Waals surface area contributed by atoms with Gasteiger partial charge in [0.15, 0.2) is 0 Å². The largest absolute Gasteiger partial charge is 0.389 e. The maximum absolute atomic E-state index is 11.4. The first-order valence-corrected chi connectivity index (χ1v) is 4.48. The summed E-state index contributed by atoms with van der Waals surface area (Å²) in [6, 6.07) is 0. The van der Waals surface area contributed by atoms with Crippen LogP contribution in [-0.2, 0) is 9.59 Å². The molecule has 2 amide bonds. The molecule has 2 atom stereocenters. The zero-order valence-electron chi connectivity index (χ0n) is 7.78. The topological polar surface area (TPSA) is 57.6 Å². The van der Waals surface area contributed by atoms with Crippen LogP contribution in [0.1, 0.15) is 20.3 Å². The molecular weight excluding hydrogens is 170 g/mol. The van der Waals surface area contributed by atoms with Crippen molar-refractivity contribution >= 4 is 11.8 Å². The molecule has 72 valence electrons. The van der Waals surface area contributed by atoms with E-state index in [0.717, 1.165) is 6.42 Å². The Balaban J connectivity index is 2.09. The van der Waals surface area contributed by atoms with Crippen LogP contribution in [0.2, 0.25) is 0 Å². The summed E-state index contributed by atoms with van der Waals surface area (Å²) in [5.41, 5.74) is -0.984. The molecule has 1 N–H and O–H groups in total. The number of rotatable bonds is 2. The highest BCUT2D eigenvalue weighted by molar-refractivity contribution is 6.08. The van der Waals surface area contributed by atoms with E-state index < -0.39 is 5.60 Å². The van der Waals surface area contributed by atoms with Gasteiger partial charge in [-0.15, -0.1) is 0 Å². The predicted octanol–water partition coefficient (Wildman–Crippen LogP) is -0.238. The van der Waals surface area contributed by atoms with Crippen molar-refractivity contribution in [2.24, 2.45) is 11.8 Å². The summed E-state index contributed by atoms with van der Waals surface area (Å²) in [5.74, 6) is -0.320. The Kier molecular flexibility index (Phi) is 1.55. The molecule has 2 unspecified atom stereocenters. The third-order valence-corrected chi connectivity index (χ3v) is 2.50. The number of carbonyl (C=O) groups is 2. The zero-order valence-corrected chi connectivity index (χ0v) is 7.78. The molecule has 13 heavy (non-hydrogen) atoms. The number of amides is 2. The Bertz CT molecular complexity index is 259. The summed E-state index contributed by atoms with van der Waals surface area (Å²) in [7, 11) is 0. The molecule has 2 rings (SSSR count). The summed E-state index contributed by atoms with van der Waals surface area (Å²) >= 11 is 0. The minimum Gasteiger partial charge on any atom is -0.389 e. The Morgan fingerprint density at radius 1 is 1.38 bits per heavy atom. The molecule has 0 spiro atoms. The second-order valence-electron chi connectivity index (χ2n) is 4.52. The van der Waals surface area contributed by atoms with Crippen molar-refractivity contribution in [3.63, 3.8) is 0 Å². The first kappa shape index (κ1) is 8.69. The van der Waals surface area contributed by atoms with Crippen LogP contribution in [0.15, 0.2) is 0 Å². The van der Waals surface area contributed by atoms with Gasteiger partial charge in [-0.2, -0.15) is 0 Å². The number of likely N-dealkylation sites (tertiary alicyclic amines) is 1. The van der Waals surface area contributed by atoms with Crippen LogP contribution < -0.4 is 0 Å². The molecule has 1 aliphatic carbocycles. The number of hydrogen-bond acceptors (Lipinski definition) is 3. The van der Waals surface area contributed by atoms with Gasteiger partial charge in [-0.3, -0.25) is 14.5 Å². The molecule has 0 bridgehead atoms. The van der Waals surface area contributed by atoms with Crippen LogP contribution in [-0.4, -0.2) is 34.0 Å². The molecular formula is C9H13NO3. The lowest BCUT2D eigenvalue weighted by atomic mass is 10.1. The number of nitrogens with zero attached hydrogens (tertiary/aromatic N) is 1. The summed E-state index contributed by atoms with van der Waals surface area (Å²) in [6.07, 6.45) is 0.722. The molecule has 4 heteroatoms. The van der Waals surface area contributed by atoms with Crippen LogP contribution in [0.5, 0.6) is 0 Å². The Morgan fingerprint density at radius 3 is 2.23 bits per heavy atom. The third kappa shape index (κ3) is 1.35. The Morgan fingerprint density at radius 2 is 1.85 bits per heavy atom. The number of hydrogen-bond donors (Lipinski definition) is 1. The van der Waals surface area contributed by atoms with Gasteiger partial charge in [-0.05, 0) is 20.3 Å². The van der Waals surface area contributed by atoms with Crippen LogP contribution in [0.4, 0.5) is 0 Å². The Labute approximate surface area is 76.5 Å². The molecule has 0 aromatic rings. The average molecular weight is 183 g/mol. The van der Waals surface area contributed by atoms with E-state index in [1.54, 1.807) is 13.8 Å². The van der Waals surface area contributed by atoms with Crippen molar-refractivity contribution in [2.75, 3.05) is 6.54 Å². The highest BCUT2D eigenvalue weighted by Gasteiger charge is 2.59. The highest BCUT2D eigenvalue weighted by atomic mass is 16.3. The molecule has 4 nitrogen and oxygen atoms in total. The van der Waals surface area contributed by atoms with Gasteiger partial charge in [-0.1, -0.05) is 0 Å². The quantitative estimate of drug-likeness (QED) is 0.601. The van der Waals surface area contributed by atoms with Gasteiger partial charge in [0.1, 0.15) is 0 Å². The maximum Gasteiger partial charge on any atom is 0.233 e. The molecule has 2 fully saturated rings. The fourth-order valence-electron chi connectivity index (χ4n) is 1.79. The molecule has 0 aromatic carbocycles. The molecule has 1 saturated carbocycles. The number of aliphatic hydroxyl groups is 1. The normalized spacial score (nSPS) is 32.4. The molecule has 1 aliphatic heterocycles. The van der Waals surface area contributed by atoms with Crippen molar-refractivity contribution in [1.29, 1.82) is 0 Å². The SMILES string of the molecule is CC(C)(O)CN1C(=O)C2CC2C1=O. The minimum absolute atomic E-state index is 0.0603. The second kappa shape index (κ2) is 2.32. The first-order chi connectivity index (χ1) is 5.90. The van der Waals surface area contributed by atoms with E-state index in [0.29, 0.717) is 0 Å². The van der Waals surface area contributed by atoms with Crippen LogP contribution in [0, 0.1) is 11.8 Å². The van der Waals surface area contributed by atoms with E-state index in [-0.39, 0.29) is 30.2 Å². The lowest BCUT2D eigenvalue weighted by Crippen LogP contribution is -2.43. The number of imide groups is 1. The summed E-state index contributed by atoms with van der Waals surface area (Å²) in [4.78, 5) is 24.1. The van der Waals surface area contributed by atoms with E-state index in [1.807, 2.05) is 0 Å². The van der Waals surface area contributed by atoms with Crippen molar-refractivity contribution in [1.82, 2.24) is 4.90 Å². The van der Waals surface area contributed by atoms with Crippen molar-refractivity contribution in [2.45, 2.75) is 25.9 Å². The maximum atomic E-state index is 11.4. The second-order valence-corrected chi connectivity index (χ2v) is 4.52. The molecule has 1 saturated heterocycles. The van der Waals surface area contributed by atoms with Gasteiger partial charge < -0.3 is 5.11 Å². The Hall–Kier alpha value is -0.900. The van der Waals surface area contributed by atoms with E-state index in [2.05, 4.69) is 0 Å². The van der Waals surface area contributed by atoms with Gasteiger partial charge in [0, 0.05) is 0 Å². The van der Waals surface area contributed by atoms with E-state index >= 15 is 0 Å². The third-order valence-electron chi connectivity index (χ3n) is 2.50. The van der Waals surface area contributed by atoms with Gasteiger partial charge in [0.2, 0.25) is 11.8 Å². The minimum atomic E-state index is -0.984. The lowest BCUT2D eigenvalue weighted by Gasteiger charge is -2.24. The number of piperidine rings is 1. The highest BCUT2D eigenvalue weighted by Crippen LogP contribution is 2.47. The standard InChI is InChI=1S/C9H13NO3/c1-9(2,13)4-10-7(11)5-3-6(5)8(10)12/h5-6,13H,3-4H2,1-2H3. The zero-order chi connectivity index (χ0) is 9.80. The van der Waals surface area contributed by atoms with Crippen molar-refractivity contribution in [3.05, 3.63) is 0 Å². The number of carbonyl (C=O) groups excluding carboxylic acids is 2. The fourth-order valence-corrected chi connectivity index (χ4v) is 1.79. The van der Waals surface area contributed by atoms with E-state index in [1.165, 1.54) is 4.90 Å². The average Bonchev–Trinajstić information content (AvgIpc) is 2.69. The smallest absolute Gasteiger partial charge is 0.233 e. The molecule has 1 heterocycles. The molecule has 2 aliphatic rings. The summed E-state index contributed by atoms with van der Waals surface area (Å²) in [5, 5.41) is 9.47. The van der Waals surface area contributed by atoms with Gasteiger partial charge in [-0.25, -0.2) is 0 Å². The van der Waals surface area contributed by atoms with Crippen LogP contribution in [0.3, 0.4) is 0 Å². The van der Waals surface area contributed by atoms with Crippen LogP contribution in [0.25, 0.3) is 0 Å². The fraction of sp³-hybridized carbons (Fsp3) is 0.778. The monoisotopic (exact) mass is 183 g/mol. The van der Waals surface area contributed by atoms with E-state index in [4.69, 9.17) is 0 Å². The predicted molar refractivity (Wildman–Crippen MR) is 44.6 cm³/mol. The van der Waals surface area contributed by atoms with Gasteiger partial charge in [0.05, 0.1) is 24.0 Å². The van der Waals surface area contributed by atoms with Gasteiger partial charge in [0.25, 0.3) is 0 Å². The number of β-amino-alcohol motifs (C(OH)–C–C–N with tert-alkyl or cyclic N) is 1. The molecule has 0 aromatic heterocycles. The lowest BCUT2D eigenvalue weighted by molar-refractivity contribution is -0.144. The summed E-state index contributed by atoms with van der Waals surface area (Å²) < 4.78 is 0. The van der Waals surface area contributed by atoms with E-state index in [9.17, 15) is 14.7 Å². The van der Waals surface area contributed by atoms with Crippen molar-refractivity contribution in [3.8, 4) is 0 Å². The summed E-state index contributed by atoms with van der Waals surface area (Å²) in [6.45, 7) is 3.31. The van der Waals surface area contributed by atoms with Crippen molar-refractivity contribution < 1.29 is 14.7 Å². The van der Waals surface area contributed by atoms with Gasteiger partial charge >= 0.3 is 0 Å². The van der Waals surface area contributed by atoms with Crippen LogP contribution >= 0.6 is 0 Å². The number of fused-ring (bicyclic) bond motifs is 1. The molecule has 0 radical (unpaired) electrons.